The molecule has 16 heavy (non-hydrogen) atoms. The second-order valence-corrected chi connectivity index (χ2v) is 4.68. The highest BCUT2D eigenvalue weighted by atomic mass is 35.5. The van der Waals surface area contributed by atoms with E-state index in [0.29, 0.717) is 11.1 Å². The van der Waals surface area contributed by atoms with Crippen LogP contribution in [0, 0.1) is 5.92 Å². The van der Waals surface area contributed by atoms with Gasteiger partial charge in [0.2, 0.25) is 0 Å². The minimum absolute atomic E-state index is 0.269. The van der Waals surface area contributed by atoms with E-state index in [-0.39, 0.29) is 6.10 Å². The molecule has 1 fully saturated rings. The monoisotopic (exact) mass is 241 g/mol. The van der Waals surface area contributed by atoms with Crippen molar-refractivity contribution in [3.63, 3.8) is 0 Å². The van der Waals surface area contributed by atoms with Crippen molar-refractivity contribution in [3.05, 3.63) is 17.5 Å². The van der Waals surface area contributed by atoms with E-state index < -0.39 is 0 Å². The van der Waals surface area contributed by atoms with Crippen LogP contribution in [0.4, 0.5) is 5.82 Å². The van der Waals surface area contributed by atoms with Gasteiger partial charge in [-0.15, -0.1) is 0 Å². The zero-order valence-corrected chi connectivity index (χ0v) is 10.1. The number of aliphatic hydroxyl groups is 1. The van der Waals surface area contributed by atoms with E-state index in [4.69, 9.17) is 11.6 Å². The lowest BCUT2D eigenvalue weighted by Gasteiger charge is -2.34. The highest BCUT2D eigenvalue weighted by molar-refractivity contribution is 6.29. The molecule has 4 nitrogen and oxygen atoms in total. The first kappa shape index (κ1) is 11.6. The second kappa shape index (κ2) is 4.97. The number of aliphatic hydroxyl groups excluding tert-OH is 1. The van der Waals surface area contributed by atoms with Gasteiger partial charge in [0.25, 0.3) is 0 Å². The first-order valence-corrected chi connectivity index (χ1v) is 5.95. The van der Waals surface area contributed by atoms with Crippen LogP contribution < -0.4 is 4.90 Å². The molecule has 0 bridgehead atoms. The van der Waals surface area contributed by atoms with Crippen molar-refractivity contribution in [2.24, 2.45) is 5.92 Å². The van der Waals surface area contributed by atoms with Gasteiger partial charge in [-0.05, 0) is 19.8 Å². The molecular formula is C11H16ClN3O. The predicted molar refractivity (Wildman–Crippen MR) is 63.7 cm³/mol. The third-order valence-electron chi connectivity index (χ3n) is 3.06. The van der Waals surface area contributed by atoms with Gasteiger partial charge >= 0.3 is 0 Å². The van der Waals surface area contributed by atoms with E-state index >= 15 is 0 Å². The van der Waals surface area contributed by atoms with Crippen LogP contribution in [0.5, 0.6) is 0 Å². The van der Waals surface area contributed by atoms with Crippen LogP contribution in [-0.2, 0) is 0 Å². The molecule has 88 valence electrons. The molecule has 0 radical (unpaired) electrons. The van der Waals surface area contributed by atoms with Crippen LogP contribution in [0.3, 0.4) is 0 Å². The van der Waals surface area contributed by atoms with Crippen molar-refractivity contribution in [1.29, 1.82) is 0 Å². The number of hydrogen-bond donors (Lipinski definition) is 1. The Morgan fingerprint density at radius 3 is 3.06 bits per heavy atom. The molecule has 1 saturated heterocycles. The normalized spacial score (nSPS) is 23.2. The van der Waals surface area contributed by atoms with E-state index in [0.717, 1.165) is 31.7 Å². The molecule has 1 aliphatic heterocycles. The molecular weight excluding hydrogens is 226 g/mol. The summed E-state index contributed by atoms with van der Waals surface area (Å²) in [6, 6.07) is 0. The summed E-state index contributed by atoms with van der Waals surface area (Å²) in [7, 11) is 0. The summed E-state index contributed by atoms with van der Waals surface area (Å²) in [5, 5.41) is 10.0. The summed E-state index contributed by atoms with van der Waals surface area (Å²) in [4.78, 5) is 10.4. The Hall–Kier alpha value is -0.870. The standard InChI is InChI=1S/C11H16ClN3O/c1-8(16)9-3-2-4-15(7-9)11-6-13-5-10(12)14-11/h5-6,8-9,16H,2-4,7H2,1H3. The van der Waals surface area contributed by atoms with Crippen molar-refractivity contribution in [3.8, 4) is 0 Å². The van der Waals surface area contributed by atoms with E-state index in [1.807, 2.05) is 6.92 Å². The number of piperidine rings is 1. The highest BCUT2D eigenvalue weighted by Crippen LogP contribution is 2.23. The van der Waals surface area contributed by atoms with Crippen LogP contribution in [0.15, 0.2) is 12.4 Å². The van der Waals surface area contributed by atoms with E-state index in [2.05, 4.69) is 14.9 Å². The average Bonchev–Trinajstić information content (AvgIpc) is 2.29. The second-order valence-electron chi connectivity index (χ2n) is 4.29. The fourth-order valence-electron chi connectivity index (χ4n) is 2.10. The zero-order valence-electron chi connectivity index (χ0n) is 9.30. The van der Waals surface area contributed by atoms with Gasteiger partial charge in [-0.2, -0.15) is 0 Å². The summed E-state index contributed by atoms with van der Waals surface area (Å²) in [6.45, 7) is 3.63. The van der Waals surface area contributed by atoms with Gasteiger partial charge < -0.3 is 10.0 Å². The molecule has 2 rings (SSSR count). The lowest BCUT2D eigenvalue weighted by molar-refractivity contribution is 0.115. The number of aromatic nitrogens is 2. The predicted octanol–water partition coefficient (Wildman–Crippen LogP) is 1.73. The van der Waals surface area contributed by atoms with E-state index in [1.165, 1.54) is 6.20 Å². The third kappa shape index (κ3) is 2.62. The van der Waals surface area contributed by atoms with E-state index in [1.54, 1.807) is 6.20 Å². The Balaban J connectivity index is 2.09. The summed E-state index contributed by atoms with van der Waals surface area (Å²) in [5.74, 6) is 1.12. The summed E-state index contributed by atoms with van der Waals surface area (Å²) < 4.78 is 0. The van der Waals surface area contributed by atoms with Gasteiger partial charge in [-0.3, -0.25) is 4.98 Å². The first-order valence-electron chi connectivity index (χ1n) is 5.57. The smallest absolute Gasteiger partial charge is 0.149 e. The Kier molecular flexibility index (Phi) is 3.61. The van der Waals surface area contributed by atoms with Crippen LogP contribution in [0.2, 0.25) is 5.15 Å². The molecule has 1 aromatic rings. The molecule has 0 amide bonds. The van der Waals surface area contributed by atoms with Crippen LogP contribution in [0.25, 0.3) is 0 Å². The maximum absolute atomic E-state index is 9.61. The fraction of sp³-hybridized carbons (Fsp3) is 0.636. The Morgan fingerprint density at radius 1 is 1.56 bits per heavy atom. The van der Waals surface area contributed by atoms with Crippen molar-refractivity contribution in [1.82, 2.24) is 9.97 Å². The largest absolute Gasteiger partial charge is 0.393 e. The minimum atomic E-state index is -0.269. The van der Waals surface area contributed by atoms with Crippen molar-refractivity contribution >= 4 is 17.4 Å². The highest BCUT2D eigenvalue weighted by Gasteiger charge is 2.24. The van der Waals surface area contributed by atoms with Gasteiger partial charge in [-0.25, -0.2) is 4.98 Å². The zero-order chi connectivity index (χ0) is 11.5. The molecule has 0 spiro atoms. The first-order chi connectivity index (χ1) is 7.66. The topological polar surface area (TPSA) is 49.2 Å². The fourth-order valence-corrected chi connectivity index (χ4v) is 2.24. The van der Waals surface area contributed by atoms with Crippen LogP contribution in [0.1, 0.15) is 19.8 Å². The Morgan fingerprint density at radius 2 is 2.38 bits per heavy atom. The quantitative estimate of drug-likeness (QED) is 0.857. The van der Waals surface area contributed by atoms with Crippen molar-refractivity contribution < 1.29 is 5.11 Å². The molecule has 2 atom stereocenters. The molecule has 0 aliphatic carbocycles. The summed E-state index contributed by atoms with van der Waals surface area (Å²) in [6.07, 6.45) is 5.12. The minimum Gasteiger partial charge on any atom is -0.393 e. The lowest BCUT2D eigenvalue weighted by atomic mass is 9.93. The number of nitrogens with zero attached hydrogens (tertiary/aromatic N) is 3. The SMILES string of the molecule is CC(O)C1CCCN(c2cncc(Cl)n2)C1. The number of rotatable bonds is 2. The summed E-state index contributed by atoms with van der Waals surface area (Å²) in [5.41, 5.74) is 0. The van der Waals surface area contributed by atoms with Crippen LogP contribution >= 0.6 is 11.6 Å². The number of halogens is 1. The molecule has 0 saturated carbocycles. The Labute approximate surface area is 100 Å². The summed E-state index contributed by atoms with van der Waals surface area (Å²) >= 11 is 5.81. The van der Waals surface area contributed by atoms with Gasteiger partial charge in [0, 0.05) is 19.0 Å². The maximum atomic E-state index is 9.61. The number of anilines is 1. The lowest BCUT2D eigenvalue weighted by Crippen LogP contribution is -2.40. The van der Waals surface area contributed by atoms with Gasteiger partial charge in [-0.1, -0.05) is 11.6 Å². The molecule has 1 aromatic heterocycles. The molecule has 0 aromatic carbocycles. The molecule has 5 heteroatoms. The molecule has 2 heterocycles. The maximum Gasteiger partial charge on any atom is 0.149 e. The molecule has 2 unspecified atom stereocenters. The van der Waals surface area contributed by atoms with Crippen molar-refractivity contribution in [2.45, 2.75) is 25.9 Å². The van der Waals surface area contributed by atoms with Gasteiger partial charge in [0.15, 0.2) is 0 Å². The Bertz CT molecular complexity index is 359. The van der Waals surface area contributed by atoms with E-state index in [9.17, 15) is 5.11 Å². The molecule has 1 N–H and O–H groups in total. The van der Waals surface area contributed by atoms with Gasteiger partial charge in [0.1, 0.15) is 11.0 Å². The third-order valence-corrected chi connectivity index (χ3v) is 3.24. The average molecular weight is 242 g/mol. The van der Waals surface area contributed by atoms with Crippen molar-refractivity contribution in [2.75, 3.05) is 18.0 Å². The van der Waals surface area contributed by atoms with Crippen LogP contribution in [-0.4, -0.2) is 34.3 Å². The number of hydrogen-bond acceptors (Lipinski definition) is 4. The molecule has 1 aliphatic rings. The van der Waals surface area contributed by atoms with Gasteiger partial charge in [0.05, 0.1) is 18.5 Å².